The van der Waals surface area contributed by atoms with Gasteiger partial charge in [-0.3, -0.25) is 0 Å². The number of para-hydroxylation sites is 2. The summed E-state index contributed by atoms with van der Waals surface area (Å²) in [5.74, 6) is 1.40. The molecule has 1 aliphatic rings. The second-order valence-electron chi connectivity index (χ2n) is 12.0. The fraction of sp³-hybridized carbons (Fsp3) is 0.0238. The van der Waals surface area contributed by atoms with Crippen LogP contribution in [-0.4, -0.2) is 16.7 Å². The number of pyridine rings is 1. The predicted octanol–water partition coefficient (Wildman–Crippen LogP) is 10.2. The van der Waals surface area contributed by atoms with Crippen molar-refractivity contribution < 1.29 is 8.83 Å². The first-order valence-electron chi connectivity index (χ1n) is 16.0. The van der Waals surface area contributed by atoms with Crippen LogP contribution in [0.5, 0.6) is 0 Å². The molecule has 0 radical (unpaired) electrons. The summed E-state index contributed by atoms with van der Waals surface area (Å²) < 4.78 is 12.5. The Morgan fingerprint density at radius 1 is 0.542 bits per heavy atom. The minimum absolute atomic E-state index is 0.327. The first kappa shape index (κ1) is 26.7. The molecule has 1 N–H and O–H groups in total. The lowest BCUT2D eigenvalue weighted by Gasteiger charge is -2.24. The number of furan rings is 2. The Labute approximate surface area is 274 Å². The van der Waals surface area contributed by atoms with Crippen molar-refractivity contribution >= 4 is 66.6 Å². The van der Waals surface area contributed by atoms with E-state index >= 15 is 0 Å². The fourth-order valence-electron chi connectivity index (χ4n) is 6.91. The second-order valence-corrected chi connectivity index (χ2v) is 12.0. The molecule has 10 rings (SSSR count). The molecule has 48 heavy (non-hydrogen) atoms. The maximum Gasteiger partial charge on any atom is 0.227 e. The summed E-state index contributed by atoms with van der Waals surface area (Å²) in [7, 11) is 0. The van der Waals surface area contributed by atoms with Crippen molar-refractivity contribution in [2.45, 2.75) is 6.17 Å². The van der Waals surface area contributed by atoms with Crippen LogP contribution < -0.4 is 5.32 Å². The molecule has 6 heteroatoms. The van der Waals surface area contributed by atoms with Gasteiger partial charge in [-0.2, -0.15) is 0 Å². The third kappa shape index (κ3) is 4.23. The Bertz CT molecular complexity index is 2770. The van der Waals surface area contributed by atoms with Crippen molar-refractivity contribution in [1.82, 2.24) is 10.3 Å². The minimum atomic E-state index is -0.327. The van der Waals surface area contributed by atoms with E-state index < -0.39 is 0 Å². The number of aromatic nitrogens is 1. The summed E-state index contributed by atoms with van der Waals surface area (Å²) in [6.45, 7) is 0. The summed E-state index contributed by atoms with van der Waals surface area (Å²) >= 11 is 0. The highest BCUT2D eigenvalue weighted by molar-refractivity contribution is 6.22. The zero-order valence-electron chi connectivity index (χ0n) is 25.6. The Morgan fingerprint density at radius 3 is 2.17 bits per heavy atom. The monoisotopic (exact) mass is 618 g/mol. The lowest BCUT2D eigenvalue weighted by molar-refractivity contribution is 0.656. The van der Waals surface area contributed by atoms with Gasteiger partial charge in [-0.1, -0.05) is 109 Å². The Morgan fingerprint density at radius 2 is 1.25 bits per heavy atom. The number of rotatable bonds is 4. The quantitative estimate of drug-likeness (QED) is 0.213. The molecule has 9 aromatic rings. The van der Waals surface area contributed by atoms with Gasteiger partial charge in [-0.05, 0) is 53.1 Å². The van der Waals surface area contributed by atoms with Crippen LogP contribution >= 0.6 is 0 Å². The maximum atomic E-state index is 6.28. The van der Waals surface area contributed by atoms with Crippen LogP contribution in [0.4, 0.5) is 0 Å². The lowest BCUT2D eigenvalue weighted by Crippen LogP contribution is -2.33. The number of nitrogens with one attached hydrogen (secondary N) is 1. The topological polar surface area (TPSA) is 75.9 Å². The van der Waals surface area contributed by atoms with Crippen molar-refractivity contribution in [2.75, 3.05) is 0 Å². The van der Waals surface area contributed by atoms with Gasteiger partial charge in [0.25, 0.3) is 0 Å². The van der Waals surface area contributed by atoms with Crippen molar-refractivity contribution in [1.29, 1.82) is 0 Å². The summed E-state index contributed by atoms with van der Waals surface area (Å²) in [6, 6.07) is 49.5. The number of aliphatic imine (C=N–C) groups is 2. The Kier molecular flexibility index (Phi) is 5.84. The molecule has 0 fully saturated rings. The van der Waals surface area contributed by atoms with Crippen LogP contribution in [0.1, 0.15) is 22.9 Å². The third-order valence-corrected chi connectivity index (χ3v) is 9.14. The van der Waals surface area contributed by atoms with Gasteiger partial charge in [0, 0.05) is 38.1 Å². The van der Waals surface area contributed by atoms with Gasteiger partial charge in [-0.25, -0.2) is 15.0 Å². The molecule has 0 aliphatic carbocycles. The summed E-state index contributed by atoms with van der Waals surface area (Å²) in [5, 5.41) is 8.83. The van der Waals surface area contributed by atoms with E-state index in [1.807, 2.05) is 78.9 Å². The summed E-state index contributed by atoms with van der Waals surface area (Å²) in [6.07, 6.45) is -0.327. The van der Waals surface area contributed by atoms with E-state index in [0.29, 0.717) is 11.5 Å². The molecule has 3 aromatic heterocycles. The Hall–Kier alpha value is -6.53. The van der Waals surface area contributed by atoms with Crippen LogP contribution in [0.15, 0.2) is 164 Å². The molecule has 0 amide bonds. The third-order valence-electron chi connectivity index (χ3n) is 9.14. The van der Waals surface area contributed by atoms with Crippen molar-refractivity contribution in [3.63, 3.8) is 0 Å². The number of nitrogens with zero attached hydrogens (tertiary/aromatic N) is 3. The standard InChI is InChI=1S/C42H26N4O2/c1-2-11-25(12-3-1)39-44-40(46-41(45-39)31-18-10-21-35-38(31)30-16-5-7-20-34(30)47-35)28-15-8-14-26(23-28)29-17-9-22-36-37(29)32-24-27-13-4-6-19-33(27)43-42(32)48-36/h1-24,39H,(H,44,45,46). The van der Waals surface area contributed by atoms with Crippen molar-refractivity contribution in [3.05, 3.63) is 162 Å². The van der Waals surface area contributed by atoms with Crippen LogP contribution in [0.25, 0.3) is 66.0 Å². The zero-order valence-corrected chi connectivity index (χ0v) is 25.6. The van der Waals surface area contributed by atoms with Gasteiger partial charge in [0.15, 0.2) is 5.84 Å². The van der Waals surface area contributed by atoms with E-state index in [1.54, 1.807) is 0 Å². The molecule has 0 spiro atoms. The smallest absolute Gasteiger partial charge is 0.227 e. The molecule has 6 aromatic carbocycles. The highest BCUT2D eigenvalue weighted by Gasteiger charge is 2.24. The molecule has 0 saturated carbocycles. The molecule has 1 unspecified atom stereocenters. The average Bonchev–Trinajstić information content (AvgIpc) is 3.72. The van der Waals surface area contributed by atoms with Gasteiger partial charge in [0.2, 0.25) is 5.71 Å². The normalized spacial score (nSPS) is 14.9. The second kappa shape index (κ2) is 10.5. The highest BCUT2D eigenvalue weighted by Crippen LogP contribution is 2.38. The number of benzene rings is 6. The molecule has 0 saturated heterocycles. The summed E-state index contributed by atoms with van der Waals surface area (Å²) in [4.78, 5) is 15.2. The zero-order chi connectivity index (χ0) is 31.6. The van der Waals surface area contributed by atoms with Crippen LogP contribution in [0.3, 0.4) is 0 Å². The SMILES string of the molecule is c1ccc(C2N=C(c3cccc(-c4cccc5oc6nc7ccccc7cc6c45)c3)N=C(c3cccc4oc5ccccc5c34)N2)cc1. The molecule has 1 aliphatic heterocycles. The Balaban J connectivity index is 1.15. The van der Waals surface area contributed by atoms with Gasteiger partial charge in [0.05, 0.1) is 5.52 Å². The van der Waals surface area contributed by atoms with E-state index in [1.165, 1.54) is 0 Å². The fourth-order valence-corrected chi connectivity index (χ4v) is 6.91. The number of hydrogen-bond donors (Lipinski definition) is 1. The maximum absolute atomic E-state index is 6.28. The van der Waals surface area contributed by atoms with Gasteiger partial charge in [-0.15, -0.1) is 0 Å². The molecular formula is C42H26N4O2. The highest BCUT2D eigenvalue weighted by atomic mass is 16.3. The lowest BCUT2D eigenvalue weighted by atomic mass is 9.97. The van der Waals surface area contributed by atoms with E-state index in [4.69, 9.17) is 23.8 Å². The first-order chi connectivity index (χ1) is 23.8. The molecule has 0 bridgehead atoms. The molecular weight excluding hydrogens is 592 g/mol. The molecule has 6 nitrogen and oxygen atoms in total. The van der Waals surface area contributed by atoms with Crippen LogP contribution in [-0.2, 0) is 0 Å². The molecule has 226 valence electrons. The van der Waals surface area contributed by atoms with E-state index in [-0.39, 0.29) is 6.17 Å². The van der Waals surface area contributed by atoms with Gasteiger partial charge < -0.3 is 14.2 Å². The molecule has 1 atom stereocenters. The van der Waals surface area contributed by atoms with Gasteiger partial charge in [0.1, 0.15) is 28.8 Å². The first-order valence-corrected chi connectivity index (χ1v) is 16.0. The van der Waals surface area contributed by atoms with Gasteiger partial charge >= 0.3 is 0 Å². The van der Waals surface area contributed by atoms with E-state index in [9.17, 15) is 0 Å². The van der Waals surface area contributed by atoms with Crippen molar-refractivity contribution in [3.8, 4) is 11.1 Å². The van der Waals surface area contributed by atoms with Crippen molar-refractivity contribution in [2.24, 2.45) is 9.98 Å². The number of hydrogen-bond acceptors (Lipinski definition) is 6. The minimum Gasteiger partial charge on any atom is -0.456 e. The molecule has 4 heterocycles. The summed E-state index contributed by atoms with van der Waals surface area (Å²) in [5.41, 5.74) is 9.08. The number of amidine groups is 2. The predicted molar refractivity (Wildman–Crippen MR) is 194 cm³/mol. The largest absolute Gasteiger partial charge is 0.456 e. The van der Waals surface area contributed by atoms with Crippen LogP contribution in [0, 0.1) is 0 Å². The van der Waals surface area contributed by atoms with E-state index in [0.717, 1.165) is 82.8 Å². The average molecular weight is 619 g/mol. The number of fused-ring (bicyclic) bond motifs is 7. The van der Waals surface area contributed by atoms with Crippen LogP contribution in [0.2, 0.25) is 0 Å². The van der Waals surface area contributed by atoms with E-state index in [2.05, 4.69) is 72.0 Å².